The number of methoxy groups -OCH3 is 2. The molecule has 1 aliphatic rings. The lowest BCUT2D eigenvalue weighted by atomic mass is 9.97. The summed E-state index contributed by atoms with van der Waals surface area (Å²) >= 11 is 6.08. The van der Waals surface area contributed by atoms with Crippen LogP contribution in [0.5, 0.6) is 11.5 Å². The number of rotatable bonds is 5. The number of amides is 1. The molecule has 0 fully saturated rings. The molecule has 174 valence electrons. The average molecular weight is 481 g/mol. The Balaban J connectivity index is 1.66. The van der Waals surface area contributed by atoms with Crippen LogP contribution in [0.3, 0.4) is 0 Å². The Morgan fingerprint density at radius 2 is 1.85 bits per heavy atom. The number of aromatic nitrogens is 2. The van der Waals surface area contributed by atoms with E-state index in [-0.39, 0.29) is 34.4 Å². The molecule has 0 radical (unpaired) electrons. The number of carbonyl (C=O) groups excluding carboxylic acids is 1. The number of nitrogens with one attached hydrogen (secondary N) is 2. The Morgan fingerprint density at radius 1 is 1.15 bits per heavy atom. The van der Waals surface area contributed by atoms with Crippen LogP contribution in [0.15, 0.2) is 48.5 Å². The maximum absolute atomic E-state index is 13.9. The van der Waals surface area contributed by atoms with E-state index in [1.54, 1.807) is 30.3 Å². The van der Waals surface area contributed by atoms with Crippen molar-refractivity contribution in [1.29, 1.82) is 0 Å². The van der Waals surface area contributed by atoms with Crippen molar-refractivity contribution in [1.82, 2.24) is 9.78 Å². The van der Waals surface area contributed by atoms with Crippen LogP contribution in [0, 0.1) is 0 Å². The molecule has 3 aromatic rings. The molecule has 7 nitrogen and oxygen atoms in total. The summed E-state index contributed by atoms with van der Waals surface area (Å²) in [7, 11) is 2.81. The highest BCUT2D eigenvalue weighted by molar-refractivity contribution is 6.32. The van der Waals surface area contributed by atoms with Crippen molar-refractivity contribution in [3.63, 3.8) is 0 Å². The summed E-state index contributed by atoms with van der Waals surface area (Å²) in [5, 5.41) is 9.89. The minimum atomic E-state index is -4.55. The van der Waals surface area contributed by atoms with Crippen molar-refractivity contribution in [3.05, 3.63) is 64.8 Å². The van der Waals surface area contributed by atoms with Gasteiger partial charge < -0.3 is 20.1 Å². The first kappa shape index (κ1) is 22.8. The molecule has 1 aliphatic heterocycles. The molecule has 0 spiro atoms. The van der Waals surface area contributed by atoms with E-state index in [9.17, 15) is 18.0 Å². The second-order valence-electron chi connectivity index (χ2n) is 7.40. The molecule has 2 atom stereocenters. The van der Waals surface area contributed by atoms with Gasteiger partial charge >= 0.3 is 6.18 Å². The summed E-state index contributed by atoms with van der Waals surface area (Å²) in [5.41, 5.74) is 0.761. The number of halogens is 4. The summed E-state index contributed by atoms with van der Waals surface area (Å²) in [6.07, 6.45) is -4.80. The van der Waals surface area contributed by atoms with Gasteiger partial charge in [0.2, 0.25) is 0 Å². The Kier molecular flexibility index (Phi) is 6.11. The predicted octanol–water partition coefficient (Wildman–Crippen LogP) is 5.47. The van der Waals surface area contributed by atoms with Gasteiger partial charge in [-0.2, -0.15) is 18.3 Å². The van der Waals surface area contributed by atoms with Crippen LogP contribution in [-0.2, 0) is 0 Å². The molecule has 0 bridgehead atoms. The minimum Gasteiger partial charge on any atom is -0.495 e. The zero-order chi connectivity index (χ0) is 23.8. The number of nitrogens with zero attached hydrogens (tertiary/aromatic N) is 2. The first-order valence-corrected chi connectivity index (χ1v) is 10.3. The Labute approximate surface area is 192 Å². The molecule has 0 unspecified atom stereocenters. The van der Waals surface area contributed by atoms with Gasteiger partial charge in [-0.3, -0.25) is 4.79 Å². The van der Waals surface area contributed by atoms with Crippen molar-refractivity contribution in [3.8, 4) is 11.5 Å². The topological polar surface area (TPSA) is 77.4 Å². The van der Waals surface area contributed by atoms with Gasteiger partial charge in [-0.15, -0.1) is 0 Å². The zero-order valence-corrected chi connectivity index (χ0v) is 18.4. The fourth-order valence-corrected chi connectivity index (χ4v) is 3.96. The zero-order valence-electron chi connectivity index (χ0n) is 17.6. The van der Waals surface area contributed by atoms with Crippen molar-refractivity contribution in [2.75, 3.05) is 24.9 Å². The molecular weight excluding hydrogens is 461 g/mol. The van der Waals surface area contributed by atoms with E-state index in [0.29, 0.717) is 11.3 Å². The number of hydrogen-bond donors (Lipinski definition) is 2. The molecule has 1 aromatic heterocycles. The van der Waals surface area contributed by atoms with Crippen molar-refractivity contribution >= 4 is 29.0 Å². The quantitative estimate of drug-likeness (QED) is 0.506. The van der Waals surface area contributed by atoms with Crippen LogP contribution in [0.25, 0.3) is 0 Å². The van der Waals surface area contributed by atoms with Crippen LogP contribution in [0.2, 0.25) is 5.02 Å². The third-order valence-corrected chi connectivity index (χ3v) is 5.64. The number of benzene rings is 2. The van der Waals surface area contributed by atoms with Gasteiger partial charge in [-0.25, -0.2) is 4.68 Å². The maximum atomic E-state index is 13.9. The molecule has 11 heteroatoms. The Morgan fingerprint density at radius 3 is 2.48 bits per heavy atom. The fourth-order valence-electron chi connectivity index (χ4n) is 3.73. The van der Waals surface area contributed by atoms with Crippen LogP contribution >= 0.6 is 11.6 Å². The minimum absolute atomic E-state index is 0.100. The molecule has 0 aliphatic carbocycles. The lowest BCUT2D eigenvalue weighted by Gasteiger charge is -2.33. The number of carbonyl (C=O) groups is 1. The molecule has 33 heavy (non-hydrogen) atoms. The normalized spacial score (nSPS) is 17.6. The van der Waals surface area contributed by atoms with Gasteiger partial charge in [0.1, 0.15) is 17.3 Å². The summed E-state index contributed by atoms with van der Waals surface area (Å²) in [5.74, 6) is -0.0586. The molecule has 2 aromatic carbocycles. The highest BCUT2D eigenvalue weighted by atomic mass is 35.5. The van der Waals surface area contributed by atoms with Gasteiger partial charge in [0, 0.05) is 24.6 Å². The van der Waals surface area contributed by atoms with E-state index >= 15 is 0 Å². The van der Waals surface area contributed by atoms with Gasteiger partial charge in [0.25, 0.3) is 5.91 Å². The van der Waals surface area contributed by atoms with Gasteiger partial charge in [-0.1, -0.05) is 41.9 Å². The predicted molar refractivity (Wildman–Crippen MR) is 117 cm³/mol. The first-order chi connectivity index (χ1) is 15.7. The number of anilines is 2. The summed E-state index contributed by atoms with van der Waals surface area (Å²) in [6, 6.07) is 10.6. The molecule has 2 heterocycles. The van der Waals surface area contributed by atoms with Gasteiger partial charge in [0.15, 0.2) is 11.7 Å². The lowest BCUT2D eigenvalue weighted by molar-refractivity contribution is -0.173. The van der Waals surface area contributed by atoms with E-state index in [4.69, 9.17) is 21.1 Å². The van der Waals surface area contributed by atoms with Crippen LogP contribution in [-0.4, -0.2) is 36.1 Å². The average Bonchev–Trinajstić information content (AvgIpc) is 3.23. The first-order valence-electron chi connectivity index (χ1n) is 9.92. The molecular formula is C22H20ClF3N4O3. The Hall–Kier alpha value is -3.40. The summed E-state index contributed by atoms with van der Waals surface area (Å²) in [4.78, 5) is 12.9. The third kappa shape index (κ3) is 4.56. The number of hydrogen-bond acceptors (Lipinski definition) is 5. The second-order valence-corrected chi connectivity index (χ2v) is 7.81. The molecule has 4 rings (SSSR count). The van der Waals surface area contributed by atoms with Crippen molar-refractivity contribution in [2.45, 2.75) is 24.7 Å². The van der Waals surface area contributed by atoms with Crippen LogP contribution in [0.1, 0.15) is 34.6 Å². The van der Waals surface area contributed by atoms with E-state index < -0.39 is 24.2 Å². The number of ether oxygens (including phenoxy) is 2. The maximum Gasteiger partial charge on any atom is 0.410 e. The van der Waals surface area contributed by atoms with E-state index in [1.807, 2.05) is 0 Å². The number of alkyl halides is 3. The van der Waals surface area contributed by atoms with Crippen molar-refractivity contribution in [2.24, 2.45) is 0 Å². The number of fused-ring (bicyclic) bond motifs is 1. The largest absolute Gasteiger partial charge is 0.495 e. The Bertz CT molecular complexity index is 1170. The monoisotopic (exact) mass is 480 g/mol. The molecule has 0 saturated heterocycles. The molecule has 2 N–H and O–H groups in total. The van der Waals surface area contributed by atoms with Gasteiger partial charge in [0.05, 0.1) is 31.0 Å². The fraction of sp³-hybridized carbons (Fsp3) is 0.273. The summed E-state index contributed by atoms with van der Waals surface area (Å²) < 4.78 is 52.8. The molecule has 1 amide bonds. The van der Waals surface area contributed by atoms with Crippen LogP contribution < -0.4 is 20.1 Å². The van der Waals surface area contributed by atoms with Gasteiger partial charge in [-0.05, 0) is 5.56 Å². The van der Waals surface area contributed by atoms with Crippen molar-refractivity contribution < 1.29 is 27.4 Å². The second kappa shape index (κ2) is 8.86. The van der Waals surface area contributed by atoms with E-state index in [1.165, 1.54) is 32.4 Å². The van der Waals surface area contributed by atoms with E-state index in [0.717, 1.165) is 4.68 Å². The summed E-state index contributed by atoms with van der Waals surface area (Å²) in [6.45, 7) is 0. The smallest absolute Gasteiger partial charge is 0.410 e. The van der Waals surface area contributed by atoms with Crippen LogP contribution in [0.4, 0.5) is 24.7 Å². The SMILES string of the molecule is COc1cc(NC(=O)c2cc3n(n2)[C@H](C(F)(F)F)C[C@H](c2ccccc2)N3)c(OC)cc1Cl. The molecule has 0 saturated carbocycles. The lowest BCUT2D eigenvalue weighted by Crippen LogP contribution is -2.35. The standard InChI is InChI=1S/C22H20ClF3N4O3/c1-32-17-9-15(18(33-2)8-13(17)23)28-21(31)16-11-20-27-14(12-6-4-3-5-7-12)10-19(22(24,25)26)30(20)29-16/h3-9,11,14,19,27H,10H2,1-2H3,(H,28,31)/t14-,19+/m1/s1. The third-order valence-electron chi connectivity index (χ3n) is 5.35. The van der Waals surface area contributed by atoms with E-state index in [2.05, 4.69) is 15.7 Å². The highest BCUT2D eigenvalue weighted by Gasteiger charge is 2.46. The highest BCUT2D eigenvalue weighted by Crippen LogP contribution is 2.44.